The number of hydrogen-bond acceptors (Lipinski definition) is 6. The number of halogens is 1. The Morgan fingerprint density at radius 3 is 2.29 bits per heavy atom. The highest BCUT2D eigenvalue weighted by Crippen LogP contribution is 2.44. The lowest BCUT2D eigenvalue weighted by molar-refractivity contribution is -0.160. The van der Waals surface area contributed by atoms with Crippen molar-refractivity contribution in [1.29, 1.82) is 0 Å². The van der Waals surface area contributed by atoms with E-state index in [0.717, 1.165) is 54.0 Å². The van der Waals surface area contributed by atoms with Crippen molar-refractivity contribution in [2.45, 2.75) is 79.4 Å². The van der Waals surface area contributed by atoms with Crippen LogP contribution in [-0.4, -0.2) is 46.3 Å². The summed E-state index contributed by atoms with van der Waals surface area (Å²) in [5, 5.41) is 10.3. The van der Waals surface area contributed by atoms with Crippen LogP contribution < -0.4 is 9.64 Å². The topological polar surface area (TPSA) is 84.8 Å². The van der Waals surface area contributed by atoms with E-state index in [0.29, 0.717) is 30.2 Å². The lowest BCUT2D eigenvalue weighted by Crippen LogP contribution is -2.39. The minimum Gasteiger partial charge on any atom is -0.479 e. The van der Waals surface area contributed by atoms with Gasteiger partial charge in [-0.05, 0) is 76.6 Å². The molecule has 4 rings (SSSR count). The number of carboxylic acids is 1. The molecule has 1 saturated heterocycles. The van der Waals surface area contributed by atoms with E-state index in [-0.39, 0.29) is 11.2 Å². The summed E-state index contributed by atoms with van der Waals surface area (Å²) in [6.45, 7) is 15.9. The van der Waals surface area contributed by atoms with Gasteiger partial charge in [0.2, 0.25) is 5.88 Å². The number of benzene rings is 1. The Morgan fingerprint density at radius 1 is 1.05 bits per heavy atom. The van der Waals surface area contributed by atoms with Gasteiger partial charge in [0.25, 0.3) is 0 Å². The minimum atomic E-state index is -1.17. The number of hydrogen-bond donors (Lipinski definition) is 1. The maximum absolute atomic E-state index is 13.2. The van der Waals surface area contributed by atoms with Crippen molar-refractivity contribution in [3.63, 3.8) is 0 Å². The van der Waals surface area contributed by atoms with Gasteiger partial charge in [-0.15, -0.1) is 0 Å². The van der Waals surface area contributed by atoms with Gasteiger partial charge in [-0.2, -0.15) is 0 Å². The predicted molar refractivity (Wildman–Crippen MR) is 159 cm³/mol. The molecular formula is C33H42FN3O4. The fourth-order valence-electron chi connectivity index (χ4n) is 5.21. The number of carboxylic acid groups (broad SMARTS) is 1. The Kier molecular flexibility index (Phi) is 9.02. The summed E-state index contributed by atoms with van der Waals surface area (Å²) in [6.07, 6.45) is 3.26. The molecule has 0 spiro atoms. The number of anilines is 1. The van der Waals surface area contributed by atoms with Gasteiger partial charge >= 0.3 is 5.97 Å². The van der Waals surface area contributed by atoms with Crippen LogP contribution in [0.25, 0.3) is 11.1 Å². The highest BCUT2D eigenvalue weighted by molar-refractivity contribution is 5.87. The van der Waals surface area contributed by atoms with Crippen LogP contribution in [0.3, 0.4) is 0 Å². The number of piperidine rings is 1. The number of carbonyl (C=O) groups is 1. The molecule has 41 heavy (non-hydrogen) atoms. The molecule has 1 aliphatic heterocycles. The van der Waals surface area contributed by atoms with E-state index in [1.807, 2.05) is 52.9 Å². The lowest BCUT2D eigenvalue weighted by atomic mass is 9.82. The van der Waals surface area contributed by atoms with Crippen molar-refractivity contribution in [2.24, 2.45) is 5.41 Å². The zero-order chi connectivity index (χ0) is 29.9. The van der Waals surface area contributed by atoms with Crippen molar-refractivity contribution in [2.75, 3.05) is 24.6 Å². The zero-order valence-electron chi connectivity index (χ0n) is 25.3. The molecule has 1 N–H and O–H groups in total. The second-order valence-corrected chi connectivity index (χ2v) is 12.6. The SMILES string of the molecule is Cc1nc(OCCc2ccc(F)cc2)ccc1-c1cnc(C)c(C(OC(C)(C)C)C(=O)O)c1N1CCC(C)(C)CC1. The van der Waals surface area contributed by atoms with E-state index in [2.05, 4.69) is 23.7 Å². The summed E-state index contributed by atoms with van der Waals surface area (Å²) < 4.78 is 25.3. The normalized spacial score (nSPS) is 16.0. The summed E-state index contributed by atoms with van der Waals surface area (Å²) >= 11 is 0. The van der Waals surface area contributed by atoms with E-state index in [9.17, 15) is 14.3 Å². The summed E-state index contributed by atoms with van der Waals surface area (Å²) in [7, 11) is 0. The second-order valence-electron chi connectivity index (χ2n) is 12.6. The van der Waals surface area contributed by atoms with Crippen LogP contribution >= 0.6 is 0 Å². The molecule has 0 amide bonds. The number of nitrogens with zero attached hydrogens (tertiary/aromatic N) is 3. The fraction of sp³-hybridized carbons (Fsp3) is 0.485. The highest BCUT2D eigenvalue weighted by Gasteiger charge is 2.36. The average Bonchev–Trinajstić information content (AvgIpc) is 2.88. The molecule has 3 aromatic rings. The maximum Gasteiger partial charge on any atom is 0.337 e. The average molecular weight is 564 g/mol. The monoisotopic (exact) mass is 563 g/mol. The van der Waals surface area contributed by atoms with Gasteiger partial charge in [-0.3, -0.25) is 4.98 Å². The molecular weight excluding hydrogens is 521 g/mol. The smallest absolute Gasteiger partial charge is 0.337 e. The molecule has 1 atom stereocenters. The number of aromatic nitrogens is 2. The van der Waals surface area contributed by atoms with E-state index < -0.39 is 17.7 Å². The first kappa shape index (κ1) is 30.4. The van der Waals surface area contributed by atoms with Gasteiger partial charge in [0.05, 0.1) is 17.9 Å². The summed E-state index contributed by atoms with van der Waals surface area (Å²) in [5.74, 6) is -0.807. The van der Waals surface area contributed by atoms with E-state index >= 15 is 0 Å². The van der Waals surface area contributed by atoms with Crippen LogP contribution in [-0.2, 0) is 16.0 Å². The maximum atomic E-state index is 13.2. The highest BCUT2D eigenvalue weighted by atomic mass is 19.1. The summed E-state index contributed by atoms with van der Waals surface area (Å²) in [5.41, 5.74) is 5.05. The molecule has 2 aromatic heterocycles. The third-order valence-electron chi connectivity index (χ3n) is 7.58. The number of rotatable bonds is 9. The van der Waals surface area contributed by atoms with Crippen LogP contribution in [0.4, 0.5) is 10.1 Å². The molecule has 1 aliphatic rings. The molecule has 0 bridgehead atoms. The first-order valence-corrected chi connectivity index (χ1v) is 14.2. The van der Waals surface area contributed by atoms with E-state index in [1.165, 1.54) is 12.1 Å². The minimum absolute atomic E-state index is 0.220. The molecule has 8 heteroatoms. The molecule has 1 fully saturated rings. The first-order valence-electron chi connectivity index (χ1n) is 14.2. The van der Waals surface area contributed by atoms with E-state index in [4.69, 9.17) is 14.5 Å². The summed E-state index contributed by atoms with van der Waals surface area (Å²) in [4.78, 5) is 24.3. The van der Waals surface area contributed by atoms with Gasteiger partial charge < -0.3 is 19.5 Å². The number of ether oxygens (including phenoxy) is 2. The van der Waals surface area contributed by atoms with Crippen molar-refractivity contribution < 1.29 is 23.8 Å². The van der Waals surface area contributed by atoms with Gasteiger partial charge in [-0.25, -0.2) is 14.2 Å². The zero-order valence-corrected chi connectivity index (χ0v) is 25.3. The largest absolute Gasteiger partial charge is 0.479 e. The predicted octanol–water partition coefficient (Wildman–Crippen LogP) is 7.09. The Labute approximate surface area is 242 Å². The second kappa shape index (κ2) is 12.1. The van der Waals surface area contributed by atoms with Gasteiger partial charge in [0.1, 0.15) is 5.82 Å². The molecule has 0 saturated carbocycles. The number of pyridine rings is 2. The van der Waals surface area contributed by atoms with Gasteiger partial charge in [0, 0.05) is 59.9 Å². The van der Waals surface area contributed by atoms with Gasteiger partial charge in [0.15, 0.2) is 6.10 Å². The molecule has 3 heterocycles. The third-order valence-corrected chi connectivity index (χ3v) is 7.58. The molecule has 1 unspecified atom stereocenters. The Balaban J connectivity index is 1.71. The molecule has 220 valence electrons. The quantitative estimate of drug-likeness (QED) is 0.298. The van der Waals surface area contributed by atoms with Crippen molar-refractivity contribution in [3.8, 4) is 17.0 Å². The molecule has 0 aliphatic carbocycles. The molecule has 0 radical (unpaired) electrons. The number of aryl methyl sites for hydroxylation is 2. The first-order chi connectivity index (χ1) is 19.2. The van der Waals surface area contributed by atoms with Crippen LogP contribution in [0.2, 0.25) is 0 Å². The fourth-order valence-corrected chi connectivity index (χ4v) is 5.21. The Hall–Kier alpha value is -3.52. The standard InChI is InChI=1S/C33H42FN3O4/c1-21-25(12-13-27(36-21)40-19-14-23-8-10-24(34)11-9-23)26-20-35-22(2)28(30(31(38)39)41-32(3,4)5)29(26)37-17-15-33(6,7)16-18-37/h8-13,20,30H,14-19H2,1-7H3,(H,38,39). The van der Waals surface area contributed by atoms with Crippen LogP contribution in [0, 0.1) is 25.1 Å². The van der Waals surface area contributed by atoms with Crippen molar-refractivity contribution in [3.05, 3.63) is 70.9 Å². The lowest BCUT2D eigenvalue weighted by Gasteiger charge is -2.41. The number of aliphatic carboxylic acids is 1. The molecule has 1 aromatic carbocycles. The van der Waals surface area contributed by atoms with Crippen molar-refractivity contribution >= 4 is 11.7 Å². The van der Waals surface area contributed by atoms with Crippen LogP contribution in [0.15, 0.2) is 42.6 Å². The Morgan fingerprint density at radius 2 is 1.71 bits per heavy atom. The van der Waals surface area contributed by atoms with Crippen LogP contribution in [0.1, 0.15) is 76.1 Å². The van der Waals surface area contributed by atoms with Crippen molar-refractivity contribution in [1.82, 2.24) is 9.97 Å². The molecule has 7 nitrogen and oxygen atoms in total. The van der Waals surface area contributed by atoms with Gasteiger partial charge in [-0.1, -0.05) is 26.0 Å². The van der Waals surface area contributed by atoms with Crippen LogP contribution in [0.5, 0.6) is 5.88 Å². The van der Waals surface area contributed by atoms with E-state index in [1.54, 1.807) is 12.1 Å². The Bertz CT molecular complexity index is 1370. The summed E-state index contributed by atoms with van der Waals surface area (Å²) in [6, 6.07) is 10.2. The third kappa shape index (κ3) is 7.61.